The molecule has 1 N–H and O–H groups in total. The van der Waals surface area contributed by atoms with Crippen LogP contribution in [0.15, 0.2) is 60.0 Å². The number of nitrogens with zero attached hydrogens (tertiary/aromatic N) is 1. The lowest BCUT2D eigenvalue weighted by molar-refractivity contribution is -0.0263. The molecule has 23 heavy (non-hydrogen) atoms. The summed E-state index contributed by atoms with van der Waals surface area (Å²) < 4.78 is 1.27. The van der Waals surface area contributed by atoms with Crippen molar-refractivity contribution in [2.24, 2.45) is 0 Å². The zero-order valence-electron chi connectivity index (χ0n) is 13.1. The number of likely N-dealkylation sites (tertiary alicyclic amines) is 1. The van der Waals surface area contributed by atoms with Crippen molar-refractivity contribution < 1.29 is 5.11 Å². The van der Waals surface area contributed by atoms with E-state index in [0.717, 1.165) is 38.0 Å². The lowest BCUT2D eigenvalue weighted by Crippen LogP contribution is -2.42. The Hall–Kier alpha value is -1.68. The Balaban J connectivity index is 1.50. The summed E-state index contributed by atoms with van der Waals surface area (Å²) in [6, 6.07) is 19.0. The maximum absolute atomic E-state index is 11.2. The first-order valence-corrected chi connectivity index (χ1v) is 9.08. The van der Waals surface area contributed by atoms with Gasteiger partial charge in [0.25, 0.3) is 0 Å². The van der Waals surface area contributed by atoms with Gasteiger partial charge in [0, 0.05) is 29.9 Å². The Morgan fingerprint density at radius 3 is 2.43 bits per heavy atom. The first kappa shape index (κ1) is 14.9. The molecule has 0 radical (unpaired) electrons. The van der Waals surface area contributed by atoms with Gasteiger partial charge in [-0.3, -0.25) is 4.90 Å². The standard InChI is InChI=1S/C20H21NOS/c22-20(18-15-23-19-9-5-4-8-17(18)19)10-12-21(13-11-20)14-16-6-2-1-3-7-16/h1-9,15,22H,10-14H2. The molecular weight excluding hydrogens is 302 g/mol. The topological polar surface area (TPSA) is 23.5 Å². The molecule has 2 nitrogen and oxygen atoms in total. The van der Waals surface area contributed by atoms with E-state index in [0.29, 0.717) is 0 Å². The fourth-order valence-corrected chi connectivity index (χ4v) is 4.58. The van der Waals surface area contributed by atoms with Crippen molar-refractivity contribution in [3.05, 3.63) is 71.1 Å². The van der Waals surface area contributed by atoms with Crippen LogP contribution in [0.25, 0.3) is 10.1 Å². The van der Waals surface area contributed by atoms with E-state index in [1.54, 1.807) is 11.3 Å². The van der Waals surface area contributed by atoms with E-state index in [2.05, 4.69) is 64.9 Å². The highest BCUT2D eigenvalue weighted by Gasteiger charge is 2.35. The number of thiophene rings is 1. The molecular formula is C20H21NOS. The van der Waals surface area contributed by atoms with Crippen LogP contribution in [0.2, 0.25) is 0 Å². The lowest BCUT2D eigenvalue weighted by Gasteiger charge is -2.38. The number of fused-ring (bicyclic) bond motifs is 1. The van der Waals surface area contributed by atoms with Crippen LogP contribution in [0.4, 0.5) is 0 Å². The van der Waals surface area contributed by atoms with E-state index in [-0.39, 0.29) is 0 Å². The highest BCUT2D eigenvalue weighted by molar-refractivity contribution is 7.17. The molecule has 3 heteroatoms. The molecule has 3 aromatic rings. The van der Waals surface area contributed by atoms with Gasteiger partial charge in [0.05, 0.1) is 5.60 Å². The van der Waals surface area contributed by atoms with Crippen LogP contribution in [-0.4, -0.2) is 23.1 Å². The third kappa shape index (κ3) is 2.92. The average molecular weight is 323 g/mol. The van der Waals surface area contributed by atoms with Crippen LogP contribution in [0.5, 0.6) is 0 Å². The molecule has 0 amide bonds. The SMILES string of the molecule is OC1(c2csc3ccccc23)CCN(Cc2ccccc2)CC1. The predicted octanol–water partition coefficient (Wildman–Crippen LogP) is 4.38. The molecule has 0 atom stereocenters. The van der Waals surface area contributed by atoms with Gasteiger partial charge in [-0.15, -0.1) is 11.3 Å². The summed E-state index contributed by atoms with van der Waals surface area (Å²) in [5.74, 6) is 0. The molecule has 0 aliphatic carbocycles. The molecule has 4 rings (SSSR count). The first-order valence-electron chi connectivity index (χ1n) is 8.20. The first-order chi connectivity index (χ1) is 11.2. The number of benzene rings is 2. The monoisotopic (exact) mass is 323 g/mol. The quantitative estimate of drug-likeness (QED) is 0.773. The van der Waals surface area contributed by atoms with Gasteiger partial charge < -0.3 is 5.11 Å². The fraction of sp³-hybridized carbons (Fsp3) is 0.300. The molecule has 0 spiro atoms. The number of piperidine rings is 1. The van der Waals surface area contributed by atoms with Crippen molar-refractivity contribution in [3.63, 3.8) is 0 Å². The van der Waals surface area contributed by atoms with Crippen molar-refractivity contribution in [2.75, 3.05) is 13.1 Å². The second-order valence-electron chi connectivity index (χ2n) is 6.44. The van der Waals surface area contributed by atoms with Crippen LogP contribution in [0.3, 0.4) is 0 Å². The van der Waals surface area contributed by atoms with Crippen LogP contribution in [0, 0.1) is 0 Å². The Morgan fingerprint density at radius 1 is 0.957 bits per heavy atom. The van der Waals surface area contributed by atoms with Gasteiger partial charge in [-0.25, -0.2) is 0 Å². The Morgan fingerprint density at radius 2 is 1.65 bits per heavy atom. The molecule has 2 heterocycles. The molecule has 1 aliphatic rings. The van der Waals surface area contributed by atoms with Crippen molar-refractivity contribution in [1.29, 1.82) is 0 Å². The highest BCUT2D eigenvalue weighted by Crippen LogP contribution is 2.39. The summed E-state index contributed by atoms with van der Waals surface area (Å²) in [5, 5.41) is 14.6. The Kier molecular flexibility index (Phi) is 3.93. The average Bonchev–Trinajstić information content (AvgIpc) is 3.03. The van der Waals surface area contributed by atoms with Crippen LogP contribution < -0.4 is 0 Å². The summed E-state index contributed by atoms with van der Waals surface area (Å²) in [7, 11) is 0. The minimum Gasteiger partial charge on any atom is -0.385 e. The van der Waals surface area contributed by atoms with Gasteiger partial charge in [-0.05, 0) is 35.2 Å². The maximum Gasteiger partial charge on any atom is 0.0934 e. The highest BCUT2D eigenvalue weighted by atomic mass is 32.1. The molecule has 1 aliphatic heterocycles. The number of aliphatic hydroxyl groups is 1. The number of hydrogen-bond donors (Lipinski definition) is 1. The molecule has 118 valence electrons. The molecule has 1 aromatic heterocycles. The van der Waals surface area contributed by atoms with Crippen molar-refractivity contribution in [1.82, 2.24) is 4.90 Å². The largest absolute Gasteiger partial charge is 0.385 e. The van der Waals surface area contributed by atoms with E-state index in [9.17, 15) is 5.11 Å². The molecule has 1 saturated heterocycles. The molecule has 2 aromatic carbocycles. The van der Waals surface area contributed by atoms with Crippen molar-refractivity contribution in [2.45, 2.75) is 25.0 Å². The number of rotatable bonds is 3. The zero-order valence-corrected chi connectivity index (χ0v) is 13.9. The second-order valence-corrected chi connectivity index (χ2v) is 7.35. The second kappa shape index (κ2) is 6.08. The van der Waals surface area contributed by atoms with Gasteiger partial charge in [-0.2, -0.15) is 0 Å². The van der Waals surface area contributed by atoms with Crippen molar-refractivity contribution in [3.8, 4) is 0 Å². The molecule has 0 bridgehead atoms. The predicted molar refractivity (Wildman–Crippen MR) is 96.7 cm³/mol. The van der Waals surface area contributed by atoms with Crippen LogP contribution >= 0.6 is 11.3 Å². The fourth-order valence-electron chi connectivity index (χ4n) is 3.53. The third-order valence-electron chi connectivity index (χ3n) is 4.91. The van der Waals surface area contributed by atoms with Crippen LogP contribution in [0.1, 0.15) is 24.0 Å². The van der Waals surface area contributed by atoms with E-state index in [1.165, 1.54) is 15.6 Å². The van der Waals surface area contributed by atoms with E-state index in [1.807, 2.05) is 0 Å². The summed E-state index contributed by atoms with van der Waals surface area (Å²) in [4.78, 5) is 2.44. The van der Waals surface area contributed by atoms with Gasteiger partial charge in [-0.1, -0.05) is 48.5 Å². The van der Waals surface area contributed by atoms with E-state index in [4.69, 9.17) is 0 Å². The lowest BCUT2D eigenvalue weighted by atomic mass is 9.84. The Bertz CT molecular complexity index is 788. The van der Waals surface area contributed by atoms with Crippen molar-refractivity contribution >= 4 is 21.4 Å². The van der Waals surface area contributed by atoms with Gasteiger partial charge in [0.1, 0.15) is 0 Å². The zero-order chi connectivity index (χ0) is 15.7. The van der Waals surface area contributed by atoms with Gasteiger partial charge in [0.2, 0.25) is 0 Å². The summed E-state index contributed by atoms with van der Waals surface area (Å²) >= 11 is 1.74. The molecule has 1 fully saturated rings. The van der Waals surface area contributed by atoms with E-state index < -0.39 is 5.60 Å². The summed E-state index contributed by atoms with van der Waals surface area (Å²) in [6.45, 7) is 2.85. The number of hydrogen-bond acceptors (Lipinski definition) is 3. The normalized spacial score (nSPS) is 18.3. The van der Waals surface area contributed by atoms with E-state index >= 15 is 0 Å². The minimum atomic E-state index is -0.674. The third-order valence-corrected chi connectivity index (χ3v) is 5.88. The smallest absolute Gasteiger partial charge is 0.0934 e. The van der Waals surface area contributed by atoms with Gasteiger partial charge >= 0.3 is 0 Å². The maximum atomic E-state index is 11.2. The summed E-state index contributed by atoms with van der Waals surface area (Å²) in [6.07, 6.45) is 1.61. The molecule has 0 saturated carbocycles. The molecule has 0 unspecified atom stereocenters. The van der Waals surface area contributed by atoms with Crippen LogP contribution in [-0.2, 0) is 12.1 Å². The Labute approximate surface area is 141 Å². The minimum absolute atomic E-state index is 0.674. The summed E-state index contributed by atoms with van der Waals surface area (Å²) in [5.41, 5.74) is 1.80. The van der Waals surface area contributed by atoms with Gasteiger partial charge in [0.15, 0.2) is 0 Å².